The summed E-state index contributed by atoms with van der Waals surface area (Å²) in [6.07, 6.45) is 0.744. The highest BCUT2D eigenvalue weighted by Gasteiger charge is 2.23. The summed E-state index contributed by atoms with van der Waals surface area (Å²) in [7, 11) is 1.49. The summed E-state index contributed by atoms with van der Waals surface area (Å²) in [4.78, 5) is 0. The Kier molecular flexibility index (Phi) is 4.51. The summed E-state index contributed by atoms with van der Waals surface area (Å²) < 4.78 is 25.5. The maximum absolute atomic E-state index is 11.6. The van der Waals surface area contributed by atoms with Crippen LogP contribution in [0.25, 0.3) is 11.4 Å². The first-order valence-electron chi connectivity index (χ1n) is 5.99. The minimum atomic E-state index is -3.92. The van der Waals surface area contributed by atoms with Crippen molar-refractivity contribution in [3.63, 3.8) is 0 Å². The van der Waals surface area contributed by atoms with E-state index in [1.165, 1.54) is 4.57 Å². The van der Waals surface area contributed by atoms with Crippen LogP contribution in [0.5, 0.6) is 0 Å². The van der Waals surface area contributed by atoms with Crippen LogP contribution in [-0.4, -0.2) is 23.2 Å². The molecule has 0 saturated heterocycles. The van der Waals surface area contributed by atoms with Crippen LogP contribution in [0.3, 0.4) is 0 Å². The summed E-state index contributed by atoms with van der Waals surface area (Å²) >= 11 is 3.45. The Morgan fingerprint density at radius 3 is 2.65 bits per heavy atom. The molecule has 5 nitrogen and oxygen atoms in total. The molecule has 8 heteroatoms. The molecule has 0 radical (unpaired) electrons. The molecule has 1 heterocycles. The second-order valence-electron chi connectivity index (χ2n) is 4.38. The van der Waals surface area contributed by atoms with Gasteiger partial charge in [0.2, 0.25) is 0 Å². The average molecular weight is 379 g/mol. The Bertz CT molecular complexity index is 743. The van der Waals surface area contributed by atoms with Gasteiger partial charge in [-0.25, -0.2) is 8.42 Å². The first-order chi connectivity index (χ1) is 9.34. The van der Waals surface area contributed by atoms with Gasteiger partial charge in [-0.15, -0.1) is 10.2 Å². The molecule has 108 valence electrons. The topological polar surface area (TPSA) is 64.8 Å². The monoisotopic (exact) mass is 377 g/mol. The third kappa shape index (κ3) is 3.05. The van der Waals surface area contributed by atoms with Crippen molar-refractivity contribution in [1.82, 2.24) is 14.8 Å². The zero-order chi connectivity index (χ0) is 14.9. The van der Waals surface area contributed by atoms with Crippen molar-refractivity contribution in [1.29, 1.82) is 0 Å². The number of benzene rings is 1. The quantitative estimate of drug-likeness (QED) is 0.765. The summed E-state index contributed by atoms with van der Waals surface area (Å²) in [6.45, 7) is 4.37. The molecule has 2 rings (SSSR count). The largest absolute Gasteiger partial charge is 0.297 e. The van der Waals surface area contributed by atoms with E-state index in [1.807, 2.05) is 32.0 Å². The van der Waals surface area contributed by atoms with Gasteiger partial charge in [0.15, 0.2) is 5.82 Å². The first kappa shape index (κ1) is 15.5. The normalized spacial score (nSPS) is 11.8. The molecule has 0 bridgehead atoms. The van der Waals surface area contributed by atoms with Crippen LogP contribution in [0.1, 0.15) is 18.9 Å². The van der Waals surface area contributed by atoms with Gasteiger partial charge in [0, 0.05) is 27.3 Å². The van der Waals surface area contributed by atoms with Crippen LogP contribution in [0.2, 0.25) is 0 Å². The van der Waals surface area contributed by atoms with Crippen LogP contribution >= 0.6 is 26.6 Å². The molecule has 20 heavy (non-hydrogen) atoms. The number of halogens is 2. The molecule has 0 aliphatic heterocycles. The molecule has 0 aliphatic rings. The van der Waals surface area contributed by atoms with Crippen molar-refractivity contribution >= 4 is 35.7 Å². The molecule has 0 aliphatic carbocycles. The lowest BCUT2D eigenvalue weighted by Crippen LogP contribution is -2.07. The summed E-state index contributed by atoms with van der Waals surface area (Å²) in [5.74, 6) is 0.488. The van der Waals surface area contributed by atoms with E-state index in [1.54, 1.807) is 0 Å². The van der Waals surface area contributed by atoms with E-state index in [0.29, 0.717) is 12.4 Å². The number of rotatable bonds is 4. The highest BCUT2D eigenvalue weighted by molar-refractivity contribution is 9.10. The Labute approximate surface area is 130 Å². The van der Waals surface area contributed by atoms with Crippen molar-refractivity contribution in [3.8, 4) is 11.4 Å². The third-order valence-corrected chi connectivity index (χ3v) is 4.59. The van der Waals surface area contributed by atoms with E-state index in [9.17, 15) is 8.42 Å². The highest BCUT2D eigenvalue weighted by atomic mass is 79.9. The van der Waals surface area contributed by atoms with Crippen molar-refractivity contribution < 1.29 is 8.42 Å². The molecule has 0 amide bonds. The smallest absolute Gasteiger partial charge is 0.296 e. The van der Waals surface area contributed by atoms with Gasteiger partial charge in [-0.1, -0.05) is 34.5 Å². The van der Waals surface area contributed by atoms with Crippen LogP contribution in [0.4, 0.5) is 0 Å². The van der Waals surface area contributed by atoms with E-state index in [0.717, 1.165) is 22.0 Å². The van der Waals surface area contributed by atoms with Crippen LogP contribution in [0, 0.1) is 6.92 Å². The standard InChI is InChI=1S/C12H13BrClN3O2S/c1-3-6-17-11(15-16-12(17)20(14,18)19)9-7-8(2)4-5-10(9)13/h4-5,7H,3,6H2,1-2H3. The Morgan fingerprint density at radius 2 is 2.05 bits per heavy atom. The molecule has 1 aromatic carbocycles. The average Bonchev–Trinajstić information content (AvgIpc) is 2.76. The van der Waals surface area contributed by atoms with Gasteiger partial charge in [-0.2, -0.15) is 0 Å². The fourth-order valence-corrected chi connectivity index (χ4v) is 3.25. The molecule has 0 saturated carbocycles. The van der Waals surface area contributed by atoms with Gasteiger partial charge in [-0.05, 0) is 25.5 Å². The number of hydrogen-bond acceptors (Lipinski definition) is 4. The zero-order valence-electron chi connectivity index (χ0n) is 11.0. The predicted molar refractivity (Wildman–Crippen MR) is 81.2 cm³/mol. The summed E-state index contributed by atoms with van der Waals surface area (Å²) in [5.41, 5.74) is 1.84. The SMILES string of the molecule is CCCn1c(-c2cc(C)ccc2Br)nnc1S(=O)(=O)Cl. The van der Waals surface area contributed by atoms with Gasteiger partial charge >= 0.3 is 0 Å². The number of nitrogens with zero attached hydrogens (tertiary/aromatic N) is 3. The molecule has 0 atom stereocenters. The molecule has 0 spiro atoms. The maximum atomic E-state index is 11.6. The van der Waals surface area contributed by atoms with Crippen LogP contribution in [-0.2, 0) is 15.6 Å². The minimum absolute atomic E-state index is 0.218. The van der Waals surface area contributed by atoms with Gasteiger partial charge in [0.05, 0.1) is 0 Å². The molecule has 0 unspecified atom stereocenters. The highest BCUT2D eigenvalue weighted by Crippen LogP contribution is 2.30. The lowest BCUT2D eigenvalue weighted by Gasteiger charge is -2.09. The molecular formula is C12H13BrClN3O2S. The predicted octanol–water partition coefficient (Wildman–Crippen LogP) is 3.35. The number of aromatic nitrogens is 3. The lowest BCUT2D eigenvalue weighted by molar-refractivity contribution is 0.570. The molecule has 1 aromatic heterocycles. The maximum Gasteiger partial charge on any atom is 0.296 e. The van der Waals surface area contributed by atoms with Gasteiger partial charge in [-0.3, -0.25) is 4.57 Å². The van der Waals surface area contributed by atoms with Crippen molar-refractivity contribution in [2.75, 3.05) is 0 Å². The van der Waals surface area contributed by atoms with E-state index < -0.39 is 9.05 Å². The van der Waals surface area contributed by atoms with Crippen LogP contribution < -0.4 is 0 Å². The zero-order valence-corrected chi connectivity index (χ0v) is 14.1. The summed E-state index contributed by atoms with van der Waals surface area (Å²) in [5, 5.41) is 7.50. The van der Waals surface area contributed by atoms with E-state index in [2.05, 4.69) is 26.1 Å². The van der Waals surface area contributed by atoms with Crippen LogP contribution in [0.15, 0.2) is 27.8 Å². The Hall–Kier alpha value is -0.920. The fraction of sp³-hybridized carbons (Fsp3) is 0.333. The Balaban J connectivity index is 2.69. The summed E-state index contributed by atoms with van der Waals surface area (Å²) in [6, 6.07) is 5.77. The van der Waals surface area contributed by atoms with Gasteiger partial charge in [0.1, 0.15) is 0 Å². The van der Waals surface area contributed by atoms with Crippen molar-refractivity contribution in [3.05, 3.63) is 28.2 Å². The Morgan fingerprint density at radius 1 is 1.35 bits per heavy atom. The molecule has 0 fully saturated rings. The second kappa shape index (κ2) is 5.83. The van der Waals surface area contributed by atoms with Gasteiger partial charge < -0.3 is 0 Å². The van der Waals surface area contributed by atoms with Gasteiger partial charge in [0.25, 0.3) is 14.2 Å². The fourth-order valence-electron chi connectivity index (χ4n) is 1.90. The van der Waals surface area contributed by atoms with E-state index in [4.69, 9.17) is 10.7 Å². The molecular weight excluding hydrogens is 366 g/mol. The number of hydrogen-bond donors (Lipinski definition) is 0. The first-order valence-corrected chi connectivity index (χ1v) is 9.09. The molecule has 2 aromatic rings. The third-order valence-electron chi connectivity index (χ3n) is 2.74. The number of aryl methyl sites for hydroxylation is 1. The second-order valence-corrected chi connectivity index (χ2v) is 7.69. The van der Waals surface area contributed by atoms with E-state index in [-0.39, 0.29) is 5.16 Å². The molecule has 0 N–H and O–H groups in total. The van der Waals surface area contributed by atoms with E-state index >= 15 is 0 Å². The lowest BCUT2D eigenvalue weighted by atomic mass is 10.1. The van der Waals surface area contributed by atoms with Crippen molar-refractivity contribution in [2.24, 2.45) is 0 Å². The minimum Gasteiger partial charge on any atom is -0.297 e. The van der Waals surface area contributed by atoms with Crippen molar-refractivity contribution in [2.45, 2.75) is 32.0 Å².